The van der Waals surface area contributed by atoms with E-state index in [1.54, 1.807) is 0 Å². The van der Waals surface area contributed by atoms with Crippen molar-refractivity contribution in [3.05, 3.63) is 42.0 Å². The van der Waals surface area contributed by atoms with Crippen LogP contribution < -0.4 is 4.74 Å². The minimum Gasteiger partial charge on any atom is -0.494 e. The number of ether oxygens (including phenoxy) is 1. The van der Waals surface area contributed by atoms with E-state index < -0.39 is 12.6 Å². The molecular weight excluding hydrogens is 325 g/mol. The van der Waals surface area contributed by atoms with Crippen LogP contribution in [0.4, 0.5) is 13.2 Å². The monoisotopic (exact) mass is 354 g/mol. The van der Waals surface area contributed by atoms with E-state index in [0.29, 0.717) is 11.7 Å². The van der Waals surface area contributed by atoms with E-state index in [2.05, 4.69) is 31.2 Å². The van der Waals surface area contributed by atoms with Crippen molar-refractivity contribution in [1.82, 2.24) is 0 Å². The number of halogens is 3. The molecule has 1 aliphatic carbocycles. The molecule has 0 aromatic heterocycles. The highest BCUT2D eigenvalue weighted by atomic mass is 19.4. The molecule has 0 heterocycles. The van der Waals surface area contributed by atoms with E-state index in [9.17, 15) is 13.2 Å². The molecule has 4 heteroatoms. The van der Waals surface area contributed by atoms with Crippen molar-refractivity contribution >= 4 is 0 Å². The largest absolute Gasteiger partial charge is 0.494 e. The summed E-state index contributed by atoms with van der Waals surface area (Å²) in [6, 6.07) is 7.90. The van der Waals surface area contributed by atoms with Gasteiger partial charge in [0.1, 0.15) is 5.75 Å². The summed E-state index contributed by atoms with van der Waals surface area (Å²) < 4.78 is 41.7. The Bertz CT molecular complexity index is 511. The molecule has 0 N–H and O–H groups in total. The molecule has 0 saturated heterocycles. The van der Waals surface area contributed by atoms with Gasteiger partial charge in [0.15, 0.2) is 0 Å². The summed E-state index contributed by atoms with van der Waals surface area (Å²) in [5.41, 5.74) is 1.32. The third-order valence-corrected chi connectivity index (χ3v) is 4.86. The number of rotatable bonds is 8. The zero-order valence-corrected chi connectivity index (χ0v) is 15.0. The molecule has 0 atom stereocenters. The average molecular weight is 354 g/mol. The molecule has 0 amide bonds. The van der Waals surface area contributed by atoms with Crippen LogP contribution in [0.15, 0.2) is 36.4 Å². The first-order chi connectivity index (χ1) is 12.0. The lowest BCUT2D eigenvalue weighted by atomic mass is 9.78. The van der Waals surface area contributed by atoms with Crippen molar-refractivity contribution < 1.29 is 17.9 Å². The Labute approximate surface area is 149 Å². The molecule has 0 radical (unpaired) electrons. The number of hydrogen-bond donors (Lipinski definition) is 0. The van der Waals surface area contributed by atoms with Gasteiger partial charge in [0.2, 0.25) is 0 Å². The van der Waals surface area contributed by atoms with Crippen molar-refractivity contribution in [2.24, 2.45) is 5.92 Å². The lowest BCUT2D eigenvalue weighted by Crippen LogP contribution is -2.12. The van der Waals surface area contributed by atoms with Gasteiger partial charge < -0.3 is 4.74 Å². The lowest BCUT2D eigenvalue weighted by molar-refractivity contribution is -0.136. The molecule has 1 aliphatic rings. The Morgan fingerprint density at radius 3 is 2.36 bits per heavy atom. The van der Waals surface area contributed by atoms with E-state index in [-0.39, 0.29) is 13.0 Å². The average Bonchev–Trinajstić information content (AvgIpc) is 2.59. The van der Waals surface area contributed by atoms with E-state index >= 15 is 0 Å². The highest BCUT2D eigenvalue weighted by Crippen LogP contribution is 2.36. The van der Waals surface area contributed by atoms with Gasteiger partial charge in [-0.25, -0.2) is 0 Å². The van der Waals surface area contributed by atoms with Crippen LogP contribution in [-0.2, 0) is 0 Å². The molecule has 1 aromatic carbocycles. The highest BCUT2D eigenvalue weighted by molar-refractivity contribution is 5.29. The third-order valence-electron chi connectivity index (χ3n) is 4.86. The quantitative estimate of drug-likeness (QED) is 0.359. The summed E-state index contributed by atoms with van der Waals surface area (Å²) in [7, 11) is 0. The van der Waals surface area contributed by atoms with Gasteiger partial charge in [-0.2, -0.15) is 13.2 Å². The fourth-order valence-corrected chi connectivity index (χ4v) is 3.40. The first-order valence-electron chi connectivity index (χ1n) is 9.44. The predicted molar refractivity (Wildman–Crippen MR) is 96.0 cm³/mol. The molecule has 0 bridgehead atoms. The molecule has 1 fully saturated rings. The number of benzene rings is 1. The SMILES string of the molecule is CCC/C=C/[C@H]1CC[C@H](c2ccc(OCCCC(F)(F)F)cc2)CC1. The van der Waals surface area contributed by atoms with Crippen LogP contribution in [0.5, 0.6) is 5.75 Å². The zero-order valence-electron chi connectivity index (χ0n) is 15.0. The van der Waals surface area contributed by atoms with Crippen LogP contribution in [0, 0.1) is 5.92 Å². The third kappa shape index (κ3) is 7.54. The molecule has 1 saturated carbocycles. The fraction of sp³-hybridized carbons (Fsp3) is 0.619. The second-order valence-corrected chi connectivity index (χ2v) is 6.96. The summed E-state index contributed by atoms with van der Waals surface area (Å²) in [5, 5.41) is 0. The fourth-order valence-electron chi connectivity index (χ4n) is 3.40. The molecule has 2 rings (SSSR count). The second kappa shape index (κ2) is 9.88. The van der Waals surface area contributed by atoms with Crippen LogP contribution >= 0.6 is 0 Å². The normalized spacial score (nSPS) is 21.6. The van der Waals surface area contributed by atoms with E-state index in [1.807, 2.05) is 12.1 Å². The molecule has 0 aliphatic heterocycles. The topological polar surface area (TPSA) is 9.23 Å². The Kier molecular flexibility index (Phi) is 7.86. The zero-order chi connectivity index (χ0) is 18.1. The summed E-state index contributed by atoms with van der Waals surface area (Å²) in [5.74, 6) is 1.97. The number of unbranched alkanes of at least 4 members (excludes halogenated alkanes) is 1. The Morgan fingerprint density at radius 2 is 1.76 bits per heavy atom. The Balaban J connectivity index is 1.73. The van der Waals surface area contributed by atoms with Crippen LogP contribution in [0.3, 0.4) is 0 Å². The first kappa shape index (κ1) is 19.9. The molecular formula is C21H29F3O. The van der Waals surface area contributed by atoms with Crippen molar-refractivity contribution in [3.63, 3.8) is 0 Å². The van der Waals surface area contributed by atoms with Gasteiger partial charge in [-0.15, -0.1) is 0 Å². The maximum atomic E-state index is 12.1. The predicted octanol–water partition coefficient (Wildman–Crippen LogP) is 7.04. The van der Waals surface area contributed by atoms with Crippen LogP contribution in [0.25, 0.3) is 0 Å². The minimum atomic E-state index is -4.10. The van der Waals surface area contributed by atoms with Gasteiger partial charge in [0, 0.05) is 6.42 Å². The smallest absolute Gasteiger partial charge is 0.389 e. The molecule has 1 aromatic rings. The molecule has 140 valence electrons. The molecule has 1 nitrogen and oxygen atoms in total. The maximum absolute atomic E-state index is 12.1. The standard InChI is InChI=1S/C21H29F3O/c1-2-3-4-6-17-7-9-18(10-8-17)19-11-13-20(14-12-19)25-16-5-15-21(22,23)24/h4,6,11-14,17-18H,2-3,5,7-10,15-16H2,1H3/b6-4+/t17-,18-. The van der Waals surface area contributed by atoms with E-state index in [0.717, 1.165) is 5.92 Å². The molecule has 25 heavy (non-hydrogen) atoms. The van der Waals surface area contributed by atoms with Gasteiger partial charge in [-0.1, -0.05) is 37.6 Å². The first-order valence-corrected chi connectivity index (χ1v) is 9.44. The Hall–Kier alpha value is -1.45. The molecule has 0 unspecified atom stereocenters. The van der Waals surface area contributed by atoms with Crippen LogP contribution in [0.2, 0.25) is 0 Å². The van der Waals surface area contributed by atoms with Crippen LogP contribution in [0.1, 0.15) is 69.8 Å². The minimum absolute atomic E-state index is 0.000807. The Morgan fingerprint density at radius 1 is 1.08 bits per heavy atom. The van der Waals surface area contributed by atoms with Gasteiger partial charge in [0.25, 0.3) is 0 Å². The van der Waals surface area contributed by atoms with Gasteiger partial charge in [-0.3, -0.25) is 0 Å². The lowest BCUT2D eigenvalue weighted by Gasteiger charge is -2.27. The summed E-state index contributed by atoms with van der Waals surface area (Å²) in [6.07, 6.45) is 7.06. The van der Waals surface area contributed by atoms with Crippen molar-refractivity contribution in [2.75, 3.05) is 6.61 Å². The number of allylic oxidation sites excluding steroid dienone is 2. The van der Waals surface area contributed by atoms with Crippen LogP contribution in [-0.4, -0.2) is 12.8 Å². The molecule has 0 spiro atoms. The van der Waals surface area contributed by atoms with Crippen molar-refractivity contribution in [2.45, 2.75) is 70.4 Å². The van der Waals surface area contributed by atoms with Crippen molar-refractivity contribution in [3.8, 4) is 5.75 Å². The highest BCUT2D eigenvalue weighted by Gasteiger charge is 2.26. The number of alkyl halides is 3. The summed E-state index contributed by atoms with van der Waals surface area (Å²) in [6.45, 7) is 2.30. The second-order valence-electron chi connectivity index (χ2n) is 6.96. The van der Waals surface area contributed by atoms with Gasteiger partial charge >= 0.3 is 6.18 Å². The maximum Gasteiger partial charge on any atom is 0.389 e. The number of hydrogen-bond acceptors (Lipinski definition) is 1. The summed E-state index contributed by atoms with van der Waals surface area (Å²) >= 11 is 0. The summed E-state index contributed by atoms with van der Waals surface area (Å²) in [4.78, 5) is 0. The van der Waals surface area contributed by atoms with Gasteiger partial charge in [0.05, 0.1) is 6.61 Å². The van der Waals surface area contributed by atoms with Crippen molar-refractivity contribution in [1.29, 1.82) is 0 Å². The van der Waals surface area contributed by atoms with E-state index in [4.69, 9.17) is 4.74 Å². The van der Waals surface area contributed by atoms with Gasteiger partial charge in [-0.05, 0) is 68.1 Å². The van der Waals surface area contributed by atoms with E-state index in [1.165, 1.54) is 44.1 Å².